The number of hydrogen-bond acceptors (Lipinski definition) is 6. The third kappa shape index (κ3) is 51.4. The molecule has 0 aromatic rings. The lowest BCUT2D eigenvalue weighted by Gasteiger charge is -2.18. The second-order valence-electron chi connectivity index (χ2n) is 20.4. The van der Waals surface area contributed by atoms with E-state index in [-0.39, 0.29) is 31.1 Å². The molecule has 0 radical (unpaired) electrons. The first-order chi connectivity index (χ1) is 31.4. The molecule has 0 amide bonds. The van der Waals surface area contributed by atoms with E-state index in [1.807, 2.05) is 0 Å². The Bertz CT molecular complexity index is 964. The molecule has 0 rings (SSSR count). The van der Waals surface area contributed by atoms with Crippen LogP contribution in [0.15, 0.2) is 0 Å². The Kier molecular flexibility index (Phi) is 51.1. The minimum Gasteiger partial charge on any atom is -0.462 e. The third-order valence-corrected chi connectivity index (χ3v) is 13.3. The molecular formula is C58H112O6. The zero-order valence-electron chi connectivity index (χ0n) is 43.8. The summed E-state index contributed by atoms with van der Waals surface area (Å²) < 4.78 is 16.9. The van der Waals surface area contributed by atoms with Crippen LogP contribution in [-0.2, 0) is 28.6 Å². The van der Waals surface area contributed by atoms with E-state index in [0.717, 1.165) is 63.7 Å². The predicted octanol–water partition coefficient (Wildman–Crippen LogP) is 19.0. The molecule has 0 spiro atoms. The zero-order valence-corrected chi connectivity index (χ0v) is 43.8. The summed E-state index contributed by atoms with van der Waals surface area (Å²) in [5.74, 6) is 0.0118. The van der Waals surface area contributed by atoms with Crippen molar-refractivity contribution in [1.82, 2.24) is 0 Å². The van der Waals surface area contributed by atoms with Gasteiger partial charge in [-0.2, -0.15) is 0 Å². The van der Waals surface area contributed by atoms with Crippen molar-refractivity contribution in [3.05, 3.63) is 0 Å². The van der Waals surface area contributed by atoms with Crippen molar-refractivity contribution in [3.8, 4) is 0 Å². The van der Waals surface area contributed by atoms with E-state index in [0.29, 0.717) is 19.3 Å². The average Bonchev–Trinajstić information content (AvgIpc) is 3.28. The lowest BCUT2D eigenvalue weighted by Crippen LogP contribution is -2.30. The maximum Gasteiger partial charge on any atom is 0.306 e. The molecule has 380 valence electrons. The van der Waals surface area contributed by atoms with Crippen molar-refractivity contribution in [1.29, 1.82) is 0 Å². The van der Waals surface area contributed by atoms with Crippen molar-refractivity contribution in [2.75, 3.05) is 13.2 Å². The van der Waals surface area contributed by atoms with Crippen LogP contribution in [0.25, 0.3) is 0 Å². The minimum atomic E-state index is -0.761. The summed E-state index contributed by atoms with van der Waals surface area (Å²) in [6, 6.07) is 0. The summed E-state index contributed by atoms with van der Waals surface area (Å²) in [7, 11) is 0. The Labute approximate surface area is 399 Å². The molecule has 0 bridgehead atoms. The highest BCUT2D eigenvalue weighted by atomic mass is 16.6. The average molecular weight is 906 g/mol. The van der Waals surface area contributed by atoms with E-state index >= 15 is 0 Å². The number of carbonyl (C=O) groups is 3. The fraction of sp³-hybridized carbons (Fsp3) is 0.948. The van der Waals surface area contributed by atoms with Crippen LogP contribution in [0.4, 0.5) is 0 Å². The minimum absolute atomic E-state index is 0.0618. The normalized spacial score (nSPS) is 12.0. The molecule has 6 heteroatoms. The van der Waals surface area contributed by atoms with Gasteiger partial charge in [0, 0.05) is 19.3 Å². The van der Waals surface area contributed by atoms with Gasteiger partial charge in [0.15, 0.2) is 6.10 Å². The largest absolute Gasteiger partial charge is 0.462 e. The van der Waals surface area contributed by atoms with Gasteiger partial charge >= 0.3 is 17.9 Å². The highest BCUT2D eigenvalue weighted by molar-refractivity contribution is 5.71. The van der Waals surface area contributed by atoms with Gasteiger partial charge in [-0.15, -0.1) is 0 Å². The lowest BCUT2D eigenvalue weighted by atomic mass is 10.0. The third-order valence-electron chi connectivity index (χ3n) is 13.3. The van der Waals surface area contributed by atoms with Gasteiger partial charge in [0.2, 0.25) is 0 Å². The lowest BCUT2D eigenvalue weighted by molar-refractivity contribution is -0.167. The van der Waals surface area contributed by atoms with Crippen molar-refractivity contribution in [2.45, 2.75) is 336 Å². The van der Waals surface area contributed by atoms with E-state index in [4.69, 9.17) is 14.2 Å². The first-order valence-electron chi connectivity index (χ1n) is 28.9. The molecule has 0 saturated heterocycles. The Morgan fingerprint density at radius 3 is 0.766 bits per heavy atom. The number of rotatable bonds is 53. The van der Waals surface area contributed by atoms with Crippen LogP contribution >= 0.6 is 0 Å². The zero-order chi connectivity index (χ0) is 46.7. The number of esters is 3. The van der Waals surface area contributed by atoms with Crippen LogP contribution in [0.1, 0.15) is 329 Å². The van der Waals surface area contributed by atoms with Gasteiger partial charge in [-0.1, -0.05) is 291 Å². The van der Waals surface area contributed by atoms with Crippen LogP contribution < -0.4 is 0 Å². The van der Waals surface area contributed by atoms with Gasteiger partial charge in [-0.3, -0.25) is 14.4 Å². The van der Waals surface area contributed by atoms with Gasteiger partial charge in [0.05, 0.1) is 0 Å². The van der Waals surface area contributed by atoms with Crippen LogP contribution in [0.5, 0.6) is 0 Å². The molecule has 0 unspecified atom stereocenters. The first-order valence-corrected chi connectivity index (χ1v) is 28.9. The number of ether oxygens (including phenoxy) is 3. The van der Waals surface area contributed by atoms with Gasteiger partial charge in [-0.25, -0.2) is 0 Å². The summed E-state index contributed by atoms with van der Waals surface area (Å²) in [4.78, 5) is 38.1. The first kappa shape index (κ1) is 62.4. The Morgan fingerprint density at radius 2 is 0.516 bits per heavy atom. The number of carbonyl (C=O) groups excluding carboxylic acids is 3. The van der Waals surface area contributed by atoms with Crippen molar-refractivity contribution in [2.24, 2.45) is 5.92 Å². The smallest absolute Gasteiger partial charge is 0.306 e. The van der Waals surface area contributed by atoms with Crippen LogP contribution in [-0.4, -0.2) is 37.2 Å². The summed E-state index contributed by atoms with van der Waals surface area (Å²) >= 11 is 0. The standard InChI is InChI=1S/C58H112O6/c1-5-7-9-11-13-15-17-18-19-20-23-26-30-34-38-42-46-50-57(60)63-53-55(52-62-56(59)49-45-41-37-33-28-16-14-12-10-8-6-2)64-58(61)51-47-43-39-35-31-27-24-21-22-25-29-32-36-40-44-48-54(3)4/h54-55H,5-53H2,1-4H3/t55-/m1/s1. The molecule has 1 atom stereocenters. The van der Waals surface area contributed by atoms with Crippen LogP contribution in [0.2, 0.25) is 0 Å². The maximum atomic E-state index is 12.8. The van der Waals surface area contributed by atoms with Crippen molar-refractivity contribution in [3.63, 3.8) is 0 Å². The highest BCUT2D eigenvalue weighted by Gasteiger charge is 2.19. The van der Waals surface area contributed by atoms with Gasteiger partial charge in [-0.05, 0) is 25.2 Å². The van der Waals surface area contributed by atoms with E-state index in [1.54, 1.807) is 0 Å². The van der Waals surface area contributed by atoms with E-state index in [9.17, 15) is 14.4 Å². The van der Waals surface area contributed by atoms with E-state index < -0.39 is 6.10 Å². The molecule has 0 fully saturated rings. The van der Waals surface area contributed by atoms with Crippen LogP contribution in [0, 0.1) is 5.92 Å². The summed E-state index contributed by atoms with van der Waals surface area (Å²) in [5.41, 5.74) is 0. The van der Waals surface area contributed by atoms with Gasteiger partial charge < -0.3 is 14.2 Å². The van der Waals surface area contributed by atoms with Gasteiger partial charge in [0.1, 0.15) is 13.2 Å². The monoisotopic (exact) mass is 905 g/mol. The molecule has 0 aliphatic carbocycles. The maximum absolute atomic E-state index is 12.8. The van der Waals surface area contributed by atoms with Crippen molar-refractivity contribution < 1.29 is 28.6 Å². The molecule has 0 heterocycles. The number of hydrogen-bond donors (Lipinski definition) is 0. The second-order valence-corrected chi connectivity index (χ2v) is 20.4. The summed E-state index contributed by atoms with van der Waals surface area (Å²) in [6.07, 6.45) is 56.6. The Morgan fingerprint density at radius 1 is 0.297 bits per heavy atom. The second kappa shape index (κ2) is 52.4. The molecule has 0 aliphatic heterocycles. The molecule has 0 saturated carbocycles. The fourth-order valence-electron chi connectivity index (χ4n) is 8.92. The molecular weight excluding hydrogens is 793 g/mol. The Balaban J connectivity index is 4.26. The summed E-state index contributed by atoms with van der Waals surface area (Å²) in [5, 5.41) is 0. The SMILES string of the molecule is CCCCCCCCCCCCCCCCCCCC(=O)OC[C@@H](COC(=O)CCCCCCCCCCCCC)OC(=O)CCCCCCCCCCCCCCCCCC(C)C. The molecule has 0 aliphatic rings. The summed E-state index contributed by atoms with van der Waals surface area (Å²) in [6.45, 7) is 9.06. The number of unbranched alkanes of at least 4 members (excludes halogenated alkanes) is 40. The van der Waals surface area contributed by atoms with E-state index in [1.165, 1.54) is 225 Å². The molecule has 64 heavy (non-hydrogen) atoms. The molecule has 6 nitrogen and oxygen atoms in total. The predicted molar refractivity (Wildman–Crippen MR) is 275 cm³/mol. The topological polar surface area (TPSA) is 78.9 Å². The van der Waals surface area contributed by atoms with Gasteiger partial charge in [0.25, 0.3) is 0 Å². The highest BCUT2D eigenvalue weighted by Crippen LogP contribution is 2.18. The molecule has 0 aromatic heterocycles. The van der Waals surface area contributed by atoms with Crippen LogP contribution in [0.3, 0.4) is 0 Å². The van der Waals surface area contributed by atoms with Crippen molar-refractivity contribution >= 4 is 17.9 Å². The molecule has 0 aromatic carbocycles. The Hall–Kier alpha value is -1.59. The fourth-order valence-corrected chi connectivity index (χ4v) is 8.92. The van der Waals surface area contributed by atoms with E-state index in [2.05, 4.69) is 27.7 Å². The molecule has 0 N–H and O–H groups in total. The quantitative estimate of drug-likeness (QED) is 0.0344.